The molecule has 1 aromatic rings. The quantitative estimate of drug-likeness (QED) is 0.666. The fourth-order valence-corrected chi connectivity index (χ4v) is 1.36. The molecule has 0 aromatic heterocycles. The van der Waals surface area contributed by atoms with Crippen molar-refractivity contribution in [2.45, 2.75) is 24.9 Å². The number of carboxylic acid groups (broad SMARTS) is 1. The molecule has 0 fully saturated rings. The summed E-state index contributed by atoms with van der Waals surface area (Å²) in [5.74, 6) is -1.07. The average Bonchev–Trinajstić information content (AvgIpc) is 2.18. The predicted octanol–water partition coefficient (Wildman–Crippen LogP) is 0.358. The number of hydrogen-bond donors (Lipinski definition) is 3. The molecule has 1 aromatic carbocycles. The van der Waals surface area contributed by atoms with E-state index in [2.05, 4.69) is 0 Å². The Labute approximate surface area is 88.9 Å². The summed E-state index contributed by atoms with van der Waals surface area (Å²) in [7, 11) is 0. The van der Waals surface area contributed by atoms with Gasteiger partial charge in [-0.25, -0.2) is 0 Å². The third-order valence-electron chi connectivity index (χ3n) is 2.55. The van der Waals surface area contributed by atoms with Crippen molar-refractivity contribution in [3.05, 3.63) is 35.9 Å². The van der Waals surface area contributed by atoms with E-state index in [1.54, 1.807) is 6.92 Å². The van der Waals surface area contributed by atoms with E-state index in [9.17, 15) is 4.79 Å². The Bertz CT molecular complexity index is 338. The summed E-state index contributed by atoms with van der Waals surface area (Å²) in [6.45, 7) is 1.61. The summed E-state index contributed by atoms with van der Waals surface area (Å²) in [6.07, 6.45) is 0.237. The van der Waals surface area contributed by atoms with Gasteiger partial charge in [0.2, 0.25) is 0 Å². The van der Waals surface area contributed by atoms with E-state index in [1.165, 1.54) is 0 Å². The van der Waals surface area contributed by atoms with Gasteiger partial charge in [0.1, 0.15) is 5.54 Å². The molecular formula is C11H16N2O2. The number of hydrogen-bond acceptors (Lipinski definition) is 3. The lowest BCUT2D eigenvalue weighted by molar-refractivity contribution is -0.144. The molecule has 15 heavy (non-hydrogen) atoms. The molecule has 0 saturated heterocycles. The molecule has 4 heteroatoms. The first-order chi connectivity index (χ1) is 6.97. The summed E-state index contributed by atoms with van der Waals surface area (Å²) in [6, 6.07) is 8.64. The van der Waals surface area contributed by atoms with Gasteiger partial charge in [-0.15, -0.1) is 0 Å². The van der Waals surface area contributed by atoms with Crippen LogP contribution in [0.3, 0.4) is 0 Å². The van der Waals surface area contributed by atoms with Crippen molar-refractivity contribution < 1.29 is 9.90 Å². The fourth-order valence-electron chi connectivity index (χ4n) is 1.36. The predicted molar refractivity (Wildman–Crippen MR) is 58.3 cm³/mol. The second kappa shape index (κ2) is 4.42. The Balaban J connectivity index is 2.90. The van der Waals surface area contributed by atoms with Gasteiger partial charge in [0.15, 0.2) is 0 Å². The molecule has 0 radical (unpaired) electrons. The van der Waals surface area contributed by atoms with E-state index in [0.717, 1.165) is 5.56 Å². The molecule has 1 rings (SSSR count). The minimum Gasteiger partial charge on any atom is -0.480 e. The maximum atomic E-state index is 11.1. The number of nitrogens with two attached hydrogens (primary N) is 2. The van der Waals surface area contributed by atoms with E-state index in [0.29, 0.717) is 0 Å². The van der Waals surface area contributed by atoms with Gasteiger partial charge >= 0.3 is 5.97 Å². The molecular weight excluding hydrogens is 192 g/mol. The summed E-state index contributed by atoms with van der Waals surface area (Å²) >= 11 is 0. The van der Waals surface area contributed by atoms with Gasteiger partial charge in [0.05, 0.1) is 0 Å². The SMILES string of the molecule is C[C@@H](N)[C@@](N)(Cc1ccccc1)C(=O)O. The van der Waals surface area contributed by atoms with Gasteiger partial charge in [-0.2, -0.15) is 0 Å². The van der Waals surface area contributed by atoms with Gasteiger partial charge in [-0.05, 0) is 12.5 Å². The van der Waals surface area contributed by atoms with Crippen LogP contribution < -0.4 is 11.5 Å². The Kier molecular flexibility index (Phi) is 3.44. The first-order valence-electron chi connectivity index (χ1n) is 4.78. The number of aliphatic carboxylic acids is 1. The van der Waals surface area contributed by atoms with Crippen LogP contribution in [0.4, 0.5) is 0 Å². The van der Waals surface area contributed by atoms with E-state index in [1.807, 2.05) is 30.3 Å². The highest BCUT2D eigenvalue weighted by molar-refractivity contribution is 5.80. The zero-order valence-electron chi connectivity index (χ0n) is 8.68. The van der Waals surface area contributed by atoms with Crippen LogP contribution in [0, 0.1) is 0 Å². The summed E-state index contributed by atoms with van der Waals surface area (Å²) in [5.41, 5.74) is 10.9. The molecule has 0 aliphatic carbocycles. The third-order valence-corrected chi connectivity index (χ3v) is 2.55. The van der Waals surface area contributed by atoms with E-state index >= 15 is 0 Å². The Hall–Kier alpha value is -1.39. The standard InChI is InChI=1S/C11H16N2O2/c1-8(12)11(13,10(14)15)7-9-5-3-2-4-6-9/h2-6,8H,7,12-13H2,1H3,(H,14,15)/t8-,11+/m1/s1. The van der Waals surface area contributed by atoms with Crippen LogP contribution >= 0.6 is 0 Å². The maximum absolute atomic E-state index is 11.1. The van der Waals surface area contributed by atoms with E-state index in [-0.39, 0.29) is 6.42 Å². The Morgan fingerprint density at radius 3 is 2.40 bits per heavy atom. The Morgan fingerprint density at radius 1 is 1.47 bits per heavy atom. The molecule has 0 unspecified atom stereocenters. The molecule has 0 heterocycles. The lowest BCUT2D eigenvalue weighted by atomic mass is 9.86. The van der Waals surface area contributed by atoms with Crippen molar-refractivity contribution in [3.8, 4) is 0 Å². The summed E-state index contributed by atoms with van der Waals surface area (Å²) in [4.78, 5) is 11.1. The van der Waals surface area contributed by atoms with Crippen LogP contribution in [0.5, 0.6) is 0 Å². The van der Waals surface area contributed by atoms with Gasteiger partial charge in [-0.1, -0.05) is 30.3 Å². The summed E-state index contributed by atoms with van der Waals surface area (Å²) in [5, 5.41) is 9.06. The largest absolute Gasteiger partial charge is 0.480 e. The van der Waals surface area contributed by atoms with Crippen molar-refractivity contribution in [2.75, 3.05) is 0 Å². The minimum atomic E-state index is -1.40. The van der Waals surface area contributed by atoms with Crippen LogP contribution in [0.1, 0.15) is 12.5 Å². The topological polar surface area (TPSA) is 89.3 Å². The van der Waals surface area contributed by atoms with Gasteiger partial charge < -0.3 is 16.6 Å². The smallest absolute Gasteiger partial charge is 0.325 e. The van der Waals surface area contributed by atoms with Crippen molar-refractivity contribution in [2.24, 2.45) is 11.5 Å². The highest BCUT2D eigenvalue weighted by Gasteiger charge is 2.38. The van der Waals surface area contributed by atoms with Gasteiger partial charge in [0.25, 0.3) is 0 Å². The highest BCUT2D eigenvalue weighted by Crippen LogP contribution is 2.14. The zero-order chi connectivity index (χ0) is 11.5. The molecule has 5 N–H and O–H groups in total. The first kappa shape index (κ1) is 11.7. The minimum absolute atomic E-state index is 0.237. The molecule has 82 valence electrons. The molecule has 4 nitrogen and oxygen atoms in total. The summed E-state index contributed by atoms with van der Waals surface area (Å²) < 4.78 is 0. The molecule has 0 amide bonds. The second-order valence-electron chi connectivity index (χ2n) is 3.80. The van der Waals surface area contributed by atoms with Crippen LogP contribution in [0.2, 0.25) is 0 Å². The van der Waals surface area contributed by atoms with Crippen LogP contribution in [-0.4, -0.2) is 22.7 Å². The third kappa shape index (κ3) is 2.55. The van der Waals surface area contributed by atoms with Gasteiger partial charge in [0, 0.05) is 12.5 Å². The molecule has 0 aliphatic rings. The van der Waals surface area contributed by atoms with Crippen LogP contribution in [0.15, 0.2) is 30.3 Å². The highest BCUT2D eigenvalue weighted by atomic mass is 16.4. The normalized spacial score (nSPS) is 16.7. The number of carboxylic acids is 1. The molecule has 0 saturated carbocycles. The maximum Gasteiger partial charge on any atom is 0.325 e. The fraction of sp³-hybridized carbons (Fsp3) is 0.364. The molecule has 0 bridgehead atoms. The van der Waals surface area contributed by atoms with Crippen molar-refractivity contribution >= 4 is 5.97 Å². The van der Waals surface area contributed by atoms with Crippen molar-refractivity contribution in [3.63, 3.8) is 0 Å². The first-order valence-corrected chi connectivity index (χ1v) is 4.78. The van der Waals surface area contributed by atoms with Gasteiger partial charge in [-0.3, -0.25) is 4.79 Å². The zero-order valence-corrected chi connectivity index (χ0v) is 8.68. The average molecular weight is 208 g/mol. The number of rotatable bonds is 4. The van der Waals surface area contributed by atoms with Crippen LogP contribution in [0.25, 0.3) is 0 Å². The monoisotopic (exact) mass is 208 g/mol. The molecule has 0 spiro atoms. The van der Waals surface area contributed by atoms with Crippen molar-refractivity contribution in [1.29, 1.82) is 0 Å². The molecule has 0 aliphatic heterocycles. The van der Waals surface area contributed by atoms with Crippen LogP contribution in [-0.2, 0) is 11.2 Å². The van der Waals surface area contributed by atoms with E-state index in [4.69, 9.17) is 16.6 Å². The second-order valence-corrected chi connectivity index (χ2v) is 3.80. The Morgan fingerprint density at radius 2 is 2.00 bits per heavy atom. The lowest BCUT2D eigenvalue weighted by Crippen LogP contribution is -2.61. The van der Waals surface area contributed by atoms with Crippen molar-refractivity contribution in [1.82, 2.24) is 0 Å². The molecule has 2 atom stereocenters. The lowest BCUT2D eigenvalue weighted by Gasteiger charge is -2.28. The number of benzene rings is 1. The number of carbonyl (C=O) groups is 1. The van der Waals surface area contributed by atoms with E-state index < -0.39 is 17.6 Å².